The molecule has 3 nitrogen and oxygen atoms in total. The molecule has 5 heteroatoms. The van der Waals surface area contributed by atoms with Crippen LogP contribution in [0.15, 0.2) is 24.3 Å². The van der Waals surface area contributed by atoms with Crippen molar-refractivity contribution in [3.8, 4) is 11.5 Å². The maximum atomic E-state index is 5.88. The molecule has 1 aromatic carbocycles. The number of hydrogen-bond acceptors (Lipinski definition) is 5. The van der Waals surface area contributed by atoms with Crippen LogP contribution in [0.25, 0.3) is 0 Å². The van der Waals surface area contributed by atoms with E-state index in [1.54, 1.807) is 7.11 Å². The standard InChI is InChI=1S/C13H17NO2S2/c1-10(17)13(14-7-8-18-13)9-16-12-6-4-3-5-11(12)15-2/h3-6,14H,7-9H2,1-2H3. The Morgan fingerprint density at radius 2 is 2.17 bits per heavy atom. The summed E-state index contributed by atoms with van der Waals surface area (Å²) < 4.78 is 11.1. The molecule has 1 unspecified atom stereocenters. The summed E-state index contributed by atoms with van der Waals surface area (Å²) in [7, 11) is 1.64. The minimum Gasteiger partial charge on any atom is -0.493 e. The Morgan fingerprint density at radius 1 is 1.44 bits per heavy atom. The summed E-state index contributed by atoms with van der Waals surface area (Å²) in [6.45, 7) is 3.45. The molecule has 1 fully saturated rings. The van der Waals surface area contributed by atoms with Crippen molar-refractivity contribution in [3.05, 3.63) is 24.3 Å². The molecule has 1 atom stereocenters. The quantitative estimate of drug-likeness (QED) is 0.839. The Bertz CT molecular complexity index is 431. The molecule has 0 saturated carbocycles. The Kier molecular flexibility index (Phi) is 4.48. The molecule has 18 heavy (non-hydrogen) atoms. The largest absolute Gasteiger partial charge is 0.493 e. The molecule has 1 aromatic rings. The summed E-state index contributed by atoms with van der Waals surface area (Å²) in [4.78, 5) is 0.691. The van der Waals surface area contributed by atoms with Crippen LogP contribution in [0.3, 0.4) is 0 Å². The predicted molar refractivity (Wildman–Crippen MR) is 80.0 cm³/mol. The molecule has 0 radical (unpaired) electrons. The molecule has 0 bridgehead atoms. The summed E-state index contributed by atoms with van der Waals surface area (Å²) in [5.41, 5.74) is 0. The number of hydrogen-bond donors (Lipinski definition) is 1. The summed E-state index contributed by atoms with van der Waals surface area (Å²) in [6, 6.07) is 7.66. The van der Waals surface area contributed by atoms with Gasteiger partial charge >= 0.3 is 0 Å². The number of rotatable bonds is 5. The lowest BCUT2D eigenvalue weighted by Gasteiger charge is -2.28. The SMILES string of the molecule is COc1ccccc1OCC1(C(C)=S)NCCS1. The lowest BCUT2D eigenvalue weighted by molar-refractivity contribution is 0.270. The third-order valence-electron chi connectivity index (χ3n) is 2.93. The van der Waals surface area contributed by atoms with Gasteiger partial charge in [-0.15, -0.1) is 11.8 Å². The second-order valence-electron chi connectivity index (χ2n) is 4.10. The zero-order valence-corrected chi connectivity index (χ0v) is 12.2. The van der Waals surface area contributed by atoms with Gasteiger partial charge in [0.15, 0.2) is 11.5 Å². The Balaban J connectivity index is 2.08. The Hall–Kier alpha value is -0.780. The minimum atomic E-state index is -0.240. The van der Waals surface area contributed by atoms with E-state index in [1.165, 1.54) is 0 Å². The maximum Gasteiger partial charge on any atom is 0.161 e. The van der Waals surface area contributed by atoms with Crippen LogP contribution in [0.5, 0.6) is 11.5 Å². The smallest absolute Gasteiger partial charge is 0.161 e. The Labute approximate surface area is 117 Å². The molecule has 0 aromatic heterocycles. The van der Waals surface area contributed by atoms with Crippen molar-refractivity contribution in [1.29, 1.82) is 0 Å². The van der Waals surface area contributed by atoms with Gasteiger partial charge in [0.1, 0.15) is 11.5 Å². The zero-order valence-electron chi connectivity index (χ0n) is 10.6. The van der Waals surface area contributed by atoms with Gasteiger partial charge in [0.25, 0.3) is 0 Å². The molecular formula is C13H17NO2S2. The van der Waals surface area contributed by atoms with E-state index in [2.05, 4.69) is 5.32 Å². The van der Waals surface area contributed by atoms with Gasteiger partial charge in [-0.1, -0.05) is 24.4 Å². The fourth-order valence-corrected chi connectivity index (χ4v) is 3.28. The van der Waals surface area contributed by atoms with Crippen molar-refractivity contribution in [2.45, 2.75) is 11.8 Å². The van der Waals surface area contributed by atoms with Gasteiger partial charge in [-0.3, -0.25) is 5.32 Å². The van der Waals surface area contributed by atoms with E-state index in [9.17, 15) is 0 Å². The first-order valence-electron chi connectivity index (χ1n) is 5.84. The molecule has 2 rings (SSSR count). The van der Waals surface area contributed by atoms with Gasteiger partial charge in [0.2, 0.25) is 0 Å². The first-order chi connectivity index (χ1) is 8.68. The monoisotopic (exact) mass is 283 g/mol. The number of benzene rings is 1. The third kappa shape index (κ3) is 2.79. The summed E-state index contributed by atoms with van der Waals surface area (Å²) in [5.74, 6) is 2.56. The fraction of sp³-hybridized carbons (Fsp3) is 0.462. The molecule has 1 heterocycles. The van der Waals surface area contributed by atoms with Crippen LogP contribution in [0.2, 0.25) is 0 Å². The second kappa shape index (κ2) is 5.91. The number of thioether (sulfide) groups is 1. The van der Waals surface area contributed by atoms with Crippen LogP contribution in [0.4, 0.5) is 0 Å². The number of para-hydroxylation sites is 2. The summed E-state index contributed by atoms with van der Waals surface area (Å²) in [6.07, 6.45) is 0. The van der Waals surface area contributed by atoms with Gasteiger partial charge < -0.3 is 9.47 Å². The van der Waals surface area contributed by atoms with E-state index < -0.39 is 0 Å². The molecule has 0 aliphatic carbocycles. The van der Waals surface area contributed by atoms with Crippen molar-refractivity contribution in [2.24, 2.45) is 0 Å². The highest BCUT2D eigenvalue weighted by Gasteiger charge is 2.37. The van der Waals surface area contributed by atoms with Crippen molar-refractivity contribution in [3.63, 3.8) is 0 Å². The summed E-state index contributed by atoms with van der Waals surface area (Å²) >= 11 is 7.16. The number of methoxy groups -OCH3 is 1. The van der Waals surface area contributed by atoms with E-state index in [1.807, 2.05) is 43.0 Å². The van der Waals surface area contributed by atoms with Crippen LogP contribution in [-0.4, -0.2) is 35.7 Å². The second-order valence-corrected chi connectivity index (χ2v) is 6.10. The number of thiocarbonyl (C=S) groups is 1. The topological polar surface area (TPSA) is 30.5 Å². The van der Waals surface area contributed by atoms with Gasteiger partial charge in [0, 0.05) is 17.2 Å². The lowest BCUT2D eigenvalue weighted by atomic mass is 10.2. The average Bonchev–Trinajstić information content (AvgIpc) is 2.87. The van der Waals surface area contributed by atoms with Crippen LogP contribution in [0, 0.1) is 0 Å². The van der Waals surface area contributed by atoms with E-state index in [0.717, 1.165) is 28.7 Å². The highest BCUT2D eigenvalue weighted by Crippen LogP contribution is 2.32. The number of nitrogens with one attached hydrogen (secondary N) is 1. The van der Waals surface area contributed by atoms with Gasteiger partial charge in [-0.05, 0) is 19.1 Å². The zero-order chi connectivity index (χ0) is 13.0. The van der Waals surface area contributed by atoms with Crippen molar-refractivity contribution in [2.75, 3.05) is 26.0 Å². The number of ether oxygens (including phenoxy) is 2. The average molecular weight is 283 g/mol. The van der Waals surface area contributed by atoms with E-state index in [0.29, 0.717) is 6.61 Å². The molecule has 1 N–H and O–H groups in total. The van der Waals surface area contributed by atoms with Gasteiger partial charge in [0.05, 0.1) is 7.11 Å². The normalized spacial score (nSPS) is 22.8. The third-order valence-corrected chi connectivity index (χ3v) is 4.88. The van der Waals surface area contributed by atoms with Gasteiger partial charge in [-0.2, -0.15) is 0 Å². The van der Waals surface area contributed by atoms with E-state index in [-0.39, 0.29) is 4.87 Å². The molecule has 98 valence electrons. The fourth-order valence-electron chi connectivity index (χ4n) is 1.87. The molecule has 1 aliphatic heterocycles. The minimum absolute atomic E-state index is 0.240. The highest BCUT2D eigenvalue weighted by atomic mass is 32.2. The molecule has 1 aliphatic rings. The first kappa shape index (κ1) is 13.6. The van der Waals surface area contributed by atoms with Crippen LogP contribution < -0.4 is 14.8 Å². The molecule has 1 saturated heterocycles. The van der Waals surface area contributed by atoms with Crippen LogP contribution in [-0.2, 0) is 0 Å². The highest BCUT2D eigenvalue weighted by molar-refractivity contribution is 8.02. The molecular weight excluding hydrogens is 266 g/mol. The lowest BCUT2D eigenvalue weighted by Crippen LogP contribution is -2.48. The van der Waals surface area contributed by atoms with Crippen LogP contribution >= 0.6 is 24.0 Å². The van der Waals surface area contributed by atoms with Crippen molar-refractivity contribution >= 4 is 28.8 Å². The van der Waals surface area contributed by atoms with E-state index >= 15 is 0 Å². The van der Waals surface area contributed by atoms with Crippen molar-refractivity contribution < 1.29 is 9.47 Å². The van der Waals surface area contributed by atoms with E-state index in [4.69, 9.17) is 21.7 Å². The molecule has 0 spiro atoms. The van der Waals surface area contributed by atoms with Gasteiger partial charge in [-0.25, -0.2) is 0 Å². The first-order valence-corrected chi connectivity index (χ1v) is 7.23. The predicted octanol–water partition coefficient (Wildman–Crippen LogP) is 2.50. The summed E-state index contributed by atoms with van der Waals surface area (Å²) in [5, 5.41) is 3.43. The van der Waals surface area contributed by atoms with Crippen LogP contribution in [0.1, 0.15) is 6.92 Å². The molecule has 0 amide bonds. The maximum absolute atomic E-state index is 5.88. The Morgan fingerprint density at radius 3 is 2.72 bits per heavy atom. The van der Waals surface area contributed by atoms with Crippen molar-refractivity contribution in [1.82, 2.24) is 5.32 Å².